The standard InChI is InChI=1S/C14H20NO/c1-2-3-4-5-9-12-15-14(16)13-10-7-6-8-11-13/h6-8,10-11H,2-5,9,12H2,1H3. The fraction of sp³-hybridized carbons (Fsp3) is 0.500. The third-order valence-electron chi connectivity index (χ3n) is 2.54. The van der Waals surface area contributed by atoms with Crippen LogP contribution in [0.2, 0.25) is 0 Å². The predicted molar refractivity (Wildman–Crippen MR) is 66.5 cm³/mol. The molecule has 0 heterocycles. The van der Waals surface area contributed by atoms with E-state index in [1.54, 1.807) is 0 Å². The molecule has 1 amide bonds. The number of carbonyl (C=O) groups excluding carboxylic acids is 1. The van der Waals surface area contributed by atoms with Crippen LogP contribution in [0.25, 0.3) is 0 Å². The van der Waals surface area contributed by atoms with E-state index in [-0.39, 0.29) is 5.91 Å². The van der Waals surface area contributed by atoms with Crippen LogP contribution in [-0.2, 0) is 0 Å². The average molecular weight is 218 g/mol. The molecule has 1 rings (SSSR count). The highest BCUT2D eigenvalue weighted by atomic mass is 16.1. The lowest BCUT2D eigenvalue weighted by Crippen LogP contribution is -2.16. The maximum absolute atomic E-state index is 11.6. The second kappa shape index (κ2) is 7.91. The van der Waals surface area contributed by atoms with Crippen molar-refractivity contribution in [1.29, 1.82) is 0 Å². The summed E-state index contributed by atoms with van der Waals surface area (Å²) in [5.74, 6) is -0.0870. The minimum absolute atomic E-state index is 0.0870. The molecule has 0 saturated heterocycles. The number of hydrogen-bond donors (Lipinski definition) is 0. The van der Waals surface area contributed by atoms with Gasteiger partial charge in [0.15, 0.2) is 0 Å². The maximum atomic E-state index is 11.6. The van der Waals surface area contributed by atoms with E-state index in [0.29, 0.717) is 12.1 Å². The van der Waals surface area contributed by atoms with Gasteiger partial charge in [0.05, 0.1) is 0 Å². The molecule has 0 fully saturated rings. The van der Waals surface area contributed by atoms with Crippen LogP contribution < -0.4 is 5.32 Å². The molecule has 0 N–H and O–H groups in total. The number of carbonyl (C=O) groups is 1. The van der Waals surface area contributed by atoms with Gasteiger partial charge in [0.2, 0.25) is 0 Å². The molecule has 0 spiro atoms. The average Bonchev–Trinajstić information content (AvgIpc) is 2.34. The van der Waals surface area contributed by atoms with Gasteiger partial charge in [-0.1, -0.05) is 50.8 Å². The molecule has 0 saturated carbocycles. The molecule has 0 aliphatic heterocycles. The molecule has 2 heteroatoms. The largest absolute Gasteiger partial charge is 0.272 e. The zero-order valence-corrected chi connectivity index (χ0v) is 9.98. The van der Waals surface area contributed by atoms with E-state index in [4.69, 9.17) is 0 Å². The number of hydrogen-bond acceptors (Lipinski definition) is 1. The van der Waals surface area contributed by atoms with Gasteiger partial charge in [0.1, 0.15) is 0 Å². The quantitative estimate of drug-likeness (QED) is 0.645. The Morgan fingerprint density at radius 2 is 1.75 bits per heavy atom. The van der Waals surface area contributed by atoms with E-state index >= 15 is 0 Å². The summed E-state index contributed by atoms with van der Waals surface area (Å²) in [6.45, 7) is 2.86. The number of nitrogens with zero attached hydrogens (tertiary/aromatic N) is 1. The highest BCUT2D eigenvalue weighted by molar-refractivity contribution is 5.93. The highest BCUT2D eigenvalue weighted by Gasteiger charge is 2.04. The Morgan fingerprint density at radius 3 is 2.44 bits per heavy atom. The lowest BCUT2D eigenvalue weighted by molar-refractivity contribution is 0.0948. The van der Waals surface area contributed by atoms with Crippen molar-refractivity contribution in [2.75, 3.05) is 6.54 Å². The third kappa shape index (κ3) is 4.96. The lowest BCUT2D eigenvalue weighted by Gasteiger charge is -2.02. The second-order valence-electron chi connectivity index (χ2n) is 3.97. The monoisotopic (exact) mass is 218 g/mol. The number of unbranched alkanes of at least 4 members (excludes halogenated alkanes) is 4. The van der Waals surface area contributed by atoms with Crippen LogP contribution in [0.1, 0.15) is 49.4 Å². The minimum Gasteiger partial charge on any atom is -0.267 e. The summed E-state index contributed by atoms with van der Waals surface area (Å²) in [4.78, 5) is 11.6. The van der Waals surface area contributed by atoms with Crippen LogP contribution in [0.4, 0.5) is 0 Å². The van der Waals surface area contributed by atoms with Crippen LogP contribution in [0.15, 0.2) is 30.3 Å². The summed E-state index contributed by atoms with van der Waals surface area (Å²) in [5.41, 5.74) is 0.691. The van der Waals surface area contributed by atoms with E-state index < -0.39 is 0 Å². The summed E-state index contributed by atoms with van der Waals surface area (Å²) in [6.07, 6.45) is 6.00. The molecule has 0 aromatic heterocycles. The van der Waals surface area contributed by atoms with Crippen molar-refractivity contribution in [2.45, 2.75) is 39.0 Å². The molecule has 87 valence electrons. The van der Waals surface area contributed by atoms with Gasteiger partial charge in [-0.2, -0.15) is 0 Å². The summed E-state index contributed by atoms with van der Waals surface area (Å²) in [5, 5.41) is 4.05. The molecular formula is C14H20NO. The van der Waals surface area contributed by atoms with E-state index in [2.05, 4.69) is 12.2 Å². The van der Waals surface area contributed by atoms with E-state index in [9.17, 15) is 4.79 Å². The minimum atomic E-state index is -0.0870. The SMILES string of the molecule is CCCCCCC[N]C(=O)c1ccccc1. The van der Waals surface area contributed by atoms with Gasteiger partial charge < -0.3 is 0 Å². The molecule has 1 aromatic rings. The smallest absolute Gasteiger partial charge is 0.267 e. The number of amides is 1. The second-order valence-corrected chi connectivity index (χ2v) is 3.97. The Balaban J connectivity index is 2.12. The van der Waals surface area contributed by atoms with Gasteiger partial charge >= 0.3 is 0 Å². The van der Waals surface area contributed by atoms with Gasteiger partial charge in [-0.05, 0) is 18.6 Å². The van der Waals surface area contributed by atoms with Crippen LogP contribution in [-0.4, -0.2) is 12.5 Å². The Labute approximate surface area is 98.1 Å². The molecular weight excluding hydrogens is 198 g/mol. The molecule has 0 aliphatic carbocycles. The maximum Gasteiger partial charge on any atom is 0.272 e. The summed E-state index contributed by atoms with van der Waals surface area (Å²) < 4.78 is 0. The van der Waals surface area contributed by atoms with Crippen LogP contribution in [0.5, 0.6) is 0 Å². The van der Waals surface area contributed by atoms with E-state index in [1.807, 2.05) is 30.3 Å². The summed E-state index contributed by atoms with van der Waals surface area (Å²) in [6, 6.07) is 9.25. The van der Waals surface area contributed by atoms with Crippen molar-refractivity contribution in [3.05, 3.63) is 35.9 Å². The number of rotatable bonds is 7. The van der Waals surface area contributed by atoms with Gasteiger partial charge in [-0.25, -0.2) is 5.32 Å². The van der Waals surface area contributed by atoms with E-state index in [1.165, 1.54) is 25.7 Å². The molecule has 0 bridgehead atoms. The topological polar surface area (TPSA) is 31.2 Å². The Morgan fingerprint density at radius 1 is 1.06 bits per heavy atom. The van der Waals surface area contributed by atoms with Crippen LogP contribution in [0, 0.1) is 0 Å². The van der Waals surface area contributed by atoms with Crippen molar-refractivity contribution in [3.8, 4) is 0 Å². The number of benzene rings is 1. The first kappa shape index (κ1) is 12.8. The Hall–Kier alpha value is -1.31. The molecule has 0 aliphatic rings. The van der Waals surface area contributed by atoms with Crippen molar-refractivity contribution < 1.29 is 4.79 Å². The van der Waals surface area contributed by atoms with Crippen LogP contribution >= 0.6 is 0 Å². The van der Waals surface area contributed by atoms with E-state index in [0.717, 1.165) is 6.42 Å². The lowest BCUT2D eigenvalue weighted by atomic mass is 10.1. The van der Waals surface area contributed by atoms with Crippen molar-refractivity contribution in [2.24, 2.45) is 0 Å². The Kier molecular flexibility index (Phi) is 6.31. The fourth-order valence-electron chi connectivity index (χ4n) is 1.57. The zero-order chi connectivity index (χ0) is 11.6. The van der Waals surface area contributed by atoms with Gasteiger partial charge in [0.25, 0.3) is 5.91 Å². The predicted octanol–water partition coefficient (Wildman–Crippen LogP) is 3.40. The third-order valence-corrected chi connectivity index (χ3v) is 2.54. The van der Waals surface area contributed by atoms with Crippen molar-refractivity contribution in [3.63, 3.8) is 0 Å². The molecule has 0 atom stereocenters. The van der Waals surface area contributed by atoms with Crippen LogP contribution in [0.3, 0.4) is 0 Å². The first-order valence-electron chi connectivity index (χ1n) is 6.11. The summed E-state index contributed by atoms with van der Waals surface area (Å²) >= 11 is 0. The molecule has 0 unspecified atom stereocenters. The van der Waals surface area contributed by atoms with Crippen molar-refractivity contribution in [1.82, 2.24) is 5.32 Å². The zero-order valence-electron chi connectivity index (χ0n) is 9.98. The fourth-order valence-corrected chi connectivity index (χ4v) is 1.57. The first-order chi connectivity index (χ1) is 7.84. The van der Waals surface area contributed by atoms with Crippen molar-refractivity contribution >= 4 is 5.91 Å². The molecule has 2 nitrogen and oxygen atoms in total. The van der Waals surface area contributed by atoms with Gasteiger partial charge in [-0.3, -0.25) is 4.79 Å². The highest BCUT2D eigenvalue weighted by Crippen LogP contribution is 2.03. The van der Waals surface area contributed by atoms with Gasteiger partial charge in [0, 0.05) is 12.1 Å². The molecule has 1 aromatic carbocycles. The first-order valence-corrected chi connectivity index (χ1v) is 6.11. The Bertz CT molecular complexity index is 295. The molecule has 1 radical (unpaired) electrons. The normalized spacial score (nSPS) is 10.1. The summed E-state index contributed by atoms with van der Waals surface area (Å²) in [7, 11) is 0. The van der Waals surface area contributed by atoms with Gasteiger partial charge in [-0.15, -0.1) is 0 Å². The molecule has 16 heavy (non-hydrogen) atoms.